The lowest BCUT2D eigenvalue weighted by Crippen LogP contribution is -2.41. The van der Waals surface area contributed by atoms with Crippen molar-refractivity contribution in [3.63, 3.8) is 0 Å². The SMILES string of the molecule is Cn1ccc(NC(=O)N(CCCO)CC(C)(C)C)n1. The summed E-state index contributed by atoms with van der Waals surface area (Å²) >= 11 is 0. The van der Waals surface area contributed by atoms with Crippen molar-refractivity contribution in [2.75, 3.05) is 25.0 Å². The summed E-state index contributed by atoms with van der Waals surface area (Å²) < 4.78 is 1.64. The van der Waals surface area contributed by atoms with E-state index in [0.29, 0.717) is 25.3 Å². The minimum atomic E-state index is -0.179. The molecule has 0 aliphatic heterocycles. The molecule has 0 aliphatic carbocycles. The molecule has 0 unspecified atom stereocenters. The molecule has 1 rings (SSSR count). The van der Waals surface area contributed by atoms with E-state index in [1.54, 1.807) is 28.9 Å². The molecule has 0 radical (unpaired) electrons. The van der Waals surface area contributed by atoms with Gasteiger partial charge < -0.3 is 10.0 Å². The van der Waals surface area contributed by atoms with Crippen LogP contribution in [0.15, 0.2) is 12.3 Å². The zero-order valence-corrected chi connectivity index (χ0v) is 12.2. The Bertz CT molecular complexity index is 409. The number of carbonyl (C=O) groups is 1. The molecular formula is C13H24N4O2. The molecule has 1 heterocycles. The first-order chi connectivity index (χ1) is 8.81. The van der Waals surface area contributed by atoms with E-state index in [1.807, 2.05) is 0 Å². The first kappa shape index (κ1) is 15.5. The van der Waals surface area contributed by atoms with Gasteiger partial charge in [0.05, 0.1) is 0 Å². The fraction of sp³-hybridized carbons (Fsp3) is 0.692. The van der Waals surface area contributed by atoms with Gasteiger partial charge in [-0.05, 0) is 11.8 Å². The Morgan fingerprint density at radius 1 is 1.53 bits per heavy atom. The fourth-order valence-corrected chi connectivity index (χ4v) is 1.76. The molecule has 0 aliphatic rings. The number of aromatic nitrogens is 2. The summed E-state index contributed by atoms with van der Waals surface area (Å²) in [4.78, 5) is 13.9. The Hall–Kier alpha value is -1.56. The molecule has 0 fully saturated rings. The number of nitrogens with one attached hydrogen (secondary N) is 1. The number of rotatable bonds is 5. The Balaban J connectivity index is 2.65. The summed E-state index contributed by atoms with van der Waals surface area (Å²) in [5.41, 5.74) is 0.0108. The van der Waals surface area contributed by atoms with Crippen molar-refractivity contribution in [2.24, 2.45) is 12.5 Å². The number of aliphatic hydroxyl groups excluding tert-OH is 1. The van der Waals surface area contributed by atoms with E-state index in [2.05, 4.69) is 31.2 Å². The average Bonchev–Trinajstić information content (AvgIpc) is 2.68. The number of hydrogen-bond acceptors (Lipinski definition) is 3. The highest BCUT2D eigenvalue weighted by Gasteiger charge is 2.21. The van der Waals surface area contributed by atoms with Gasteiger partial charge >= 0.3 is 6.03 Å². The van der Waals surface area contributed by atoms with Gasteiger partial charge in [-0.15, -0.1) is 0 Å². The zero-order chi connectivity index (χ0) is 14.5. The third-order valence-corrected chi connectivity index (χ3v) is 2.49. The van der Waals surface area contributed by atoms with Crippen LogP contribution >= 0.6 is 0 Å². The average molecular weight is 268 g/mol. The van der Waals surface area contributed by atoms with Crippen LogP contribution in [0.3, 0.4) is 0 Å². The van der Waals surface area contributed by atoms with Crippen LogP contribution in [0.5, 0.6) is 0 Å². The molecule has 6 heteroatoms. The summed E-state index contributed by atoms with van der Waals surface area (Å²) in [6.07, 6.45) is 2.35. The number of urea groups is 1. The molecule has 0 saturated carbocycles. The van der Waals surface area contributed by atoms with Gasteiger partial charge in [0.25, 0.3) is 0 Å². The lowest BCUT2D eigenvalue weighted by atomic mass is 9.96. The highest BCUT2D eigenvalue weighted by atomic mass is 16.3. The van der Waals surface area contributed by atoms with E-state index in [-0.39, 0.29) is 18.1 Å². The molecule has 6 nitrogen and oxygen atoms in total. The Morgan fingerprint density at radius 2 is 2.21 bits per heavy atom. The van der Waals surface area contributed by atoms with Crippen molar-refractivity contribution in [1.29, 1.82) is 0 Å². The predicted molar refractivity (Wildman–Crippen MR) is 75.0 cm³/mol. The van der Waals surface area contributed by atoms with Crippen molar-refractivity contribution in [3.05, 3.63) is 12.3 Å². The predicted octanol–water partition coefficient (Wildman–Crippen LogP) is 1.68. The maximum Gasteiger partial charge on any atom is 0.323 e. The summed E-state index contributed by atoms with van der Waals surface area (Å²) in [7, 11) is 1.80. The number of nitrogens with zero attached hydrogens (tertiary/aromatic N) is 3. The number of hydrogen-bond donors (Lipinski definition) is 2. The van der Waals surface area contributed by atoms with Gasteiger partial charge in [-0.2, -0.15) is 5.10 Å². The monoisotopic (exact) mass is 268 g/mol. The van der Waals surface area contributed by atoms with Crippen LogP contribution in [-0.4, -0.2) is 45.5 Å². The van der Waals surface area contributed by atoms with Crippen LogP contribution in [-0.2, 0) is 7.05 Å². The minimum absolute atomic E-state index is 0.0108. The molecule has 0 bridgehead atoms. The second-order valence-electron chi connectivity index (χ2n) is 5.86. The van der Waals surface area contributed by atoms with Crippen molar-refractivity contribution in [2.45, 2.75) is 27.2 Å². The number of aliphatic hydroxyl groups is 1. The van der Waals surface area contributed by atoms with Crippen LogP contribution in [0, 0.1) is 5.41 Å². The van der Waals surface area contributed by atoms with Gasteiger partial charge in [0.15, 0.2) is 5.82 Å². The molecular weight excluding hydrogens is 244 g/mol. The highest BCUT2D eigenvalue weighted by molar-refractivity contribution is 5.88. The van der Waals surface area contributed by atoms with Crippen LogP contribution in [0.1, 0.15) is 27.2 Å². The Kier molecular flexibility index (Phi) is 5.35. The van der Waals surface area contributed by atoms with Gasteiger partial charge in [0.2, 0.25) is 0 Å². The van der Waals surface area contributed by atoms with Gasteiger partial charge in [0.1, 0.15) is 0 Å². The lowest BCUT2D eigenvalue weighted by molar-refractivity contribution is 0.176. The first-order valence-corrected chi connectivity index (χ1v) is 6.48. The van der Waals surface area contributed by atoms with Crippen LogP contribution in [0.25, 0.3) is 0 Å². The lowest BCUT2D eigenvalue weighted by Gasteiger charge is -2.29. The summed E-state index contributed by atoms with van der Waals surface area (Å²) in [5.74, 6) is 0.537. The molecule has 0 aromatic carbocycles. The van der Waals surface area contributed by atoms with Gasteiger partial charge in [-0.25, -0.2) is 4.79 Å². The van der Waals surface area contributed by atoms with E-state index in [0.717, 1.165) is 0 Å². The third kappa shape index (κ3) is 5.74. The third-order valence-electron chi connectivity index (χ3n) is 2.49. The number of anilines is 1. The zero-order valence-electron chi connectivity index (χ0n) is 12.2. The number of aryl methyl sites for hydroxylation is 1. The standard InChI is InChI=1S/C13H24N4O2/c1-13(2,3)10-17(7-5-9-18)12(19)14-11-6-8-16(4)15-11/h6,8,18H,5,7,9-10H2,1-4H3,(H,14,15,19). The number of carbonyl (C=O) groups excluding carboxylic acids is 1. The second-order valence-corrected chi connectivity index (χ2v) is 5.86. The molecule has 19 heavy (non-hydrogen) atoms. The molecule has 0 saturated heterocycles. The maximum atomic E-state index is 12.2. The molecule has 2 amide bonds. The maximum absolute atomic E-state index is 12.2. The van der Waals surface area contributed by atoms with Gasteiger partial charge in [0, 0.05) is 39.0 Å². The molecule has 108 valence electrons. The van der Waals surface area contributed by atoms with Crippen molar-refractivity contribution in [1.82, 2.24) is 14.7 Å². The summed E-state index contributed by atoms with van der Waals surface area (Å²) in [5, 5.41) is 15.8. The molecule has 0 atom stereocenters. The highest BCUT2D eigenvalue weighted by Crippen LogP contribution is 2.16. The van der Waals surface area contributed by atoms with Gasteiger partial charge in [-0.3, -0.25) is 10.00 Å². The van der Waals surface area contributed by atoms with Crippen molar-refractivity contribution >= 4 is 11.8 Å². The number of amides is 2. The van der Waals surface area contributed by atoms with Crippen LogP contribution in [0.4, 0.5) is 10.6 Å². The molecule has 1 aromatic rings. The van der Waals surface area contributed by atoms with Gasteiger partial charge in [-0.1, -0.05) is 20.8 Å². The smallest absolute Gasteiger partial charge is 0.323 e. The van der Waals surface area contributed by atoms with E-state index in [9.17, 15) is 4.79 Å². The van der Waals surface area contributed by atoms with E-state index in [4.69, 9.17) is 5.11 Å². The Morgan fingerprint density at radius 3 is 2.68 bits per heavy atom. The topological polar surface area (TPSA) is 70.4 Å². The second kappa shape index (κ2) is 6.56. The molecule has 2 N–H and O–H groups in total. The Labute approximate surface area is 114 Å². The summed E-state index contributed by atoms with van der Waals surface area (Å²) in [6, 6.07) is 1.57. The van der Waals surface area contributed by atoms with E-state index >= 15 is 0 Å². The fourth-order valence-electron chi connectivity index (χ4n) is 1.76. The minimum Gasteiger partial charge on any atom is -0.396 e. The first-order valence-electron chi connectivity index (χ1n) is 6.48. The van der Waals surface area contributed by atoms with E-state index in [1.165, 1.54) is 0 Å². The molecule has 0 spiro atoms. The van der Waals surface area contributed by atoms with Crippen LogP contribution in [0.2, 0.25) is 0 Å². The van der Waals surface area contributed by atoms with E-state index < -0.39 is 0 Å². The quantitative estimate of drug-likeness (QED) is 0.853. The summed E-state index contributed by atoms with van der Waals surface area (Å²) in [6.45, 7) is 7.47. The van der Waals surface area contributed by atoms with Crippen molar-refractivity contribution in [3.8, 4) is 0 Å². The van der Waals surface area contributed by atoms with Crippen LogP contribution < -0.4 is 5.32 Å². The van der Waals surface area contributed by atoms with Crippen molar-refractivity contribution < 1.29 is 9.90 Å². The molecule has 1 aromatic heterocycles. The normalized spacial score (nSPS) is 11.4. The largest absolute Gasteiger partial charge is 0.396 e.